The summed E-state index contributed by atoms with van der Waals surface area (Å²) in [5, 5.41) is 0. The van der Waals surface area contributed by atoms with Gasteiger partial charge in [-0.1, -0.05) is 20.8 Å². The van der Waals surface area contributed by atoms with Gasteiger partial charge in [-0.2, -0.15) is 0 Å². The highest BCUT2D eigenvalue weighted by Crippen LogP contribution is 2.28. The standard InChI is InChI=1S/C13H27N3/c1-13(2,3)12(9-14)16-8-7-15-6-4-5-11(15)10-16/h11-12H,4-10,14H2,1-3H3. The van der Waals surface area contributed by atoms with Crippen LogP contribution in [0.25, 0.3) is 0 Å². The third-order valence-corrected chi connectivity index (χ3v) is 4.28. The molecule has 2 aliphatic rings. The molecule has 0 radical (unpaired) electrons. The van der Waals surface area contributed by atoms with Gasteiger partial charge in [-0.05, 0) is 24.8 Å². The summed E-state index contributed by atoms with van der Waals surface area (Å²) in [5.74, 6) is 0. The predicted molar refractivity (Wildman–Crippen MR) is 68.5 cm³/mol. The maximum Gasteiger partial charge on any atom is 0.0268 e. The van der Waals surface area contributed by atoms with Crippen LogP contribution < -0.4 is 5.73 Å². The quantitative estimate of drug-likeness (QED) is 0.765. The molecular formula is C13H27N3. The molecule has 0 aliphatic carbocycles. The van der Waals surface area contributed by atoms with Crippen LogP contribution in [-0.2, 0) is 0 Å². The van der Waals surface area contributed by atoms with Crippen molar-refractivity contribution in [3.8, 4) is 0 Å². The van der Waals surface area contributed by atoms with Crippen LogP contribution in [0.1, 0.15) is 33.6 Å². The predicted octanol–water partition coefficient (Wildman–Crippen LogP) is 1.14. The molecule has 0 saturated carbocycles. The van der Waals surface area contributed by atoms with Crippen LogP contribution in [0.2, 0.25) is 0 Å². The van der Waals surface area contributed by atoms with E-state index in [-0.39, 0.29) is 0 Å². The zero-order chi connectivity index (χ0) is 11.8. The molecule has 2 saturated heterocycles. The van der Waals surface area contributed by atoms with E-state index < -0.39 is 0 Å². The van der Waals surface area contributed by atoms with Crippen molar-refractivity contribution in [3.63, 3.8) is 0 Å². The Labute approximate surface area is 100.0 Å². The van der Waals surface area contributed by atoms with E-state index in [0.717, 1.165) is 12.6 Å². The van der Waals surface area contributed by atoms with Crippen molar-refractivity contribution in [1.29, 1.82) is 0 Å². The molecule has 2 aliphatic heterocycles. The minimum atomic E-state index is 0.301. The highest BCUT2D eigenvalue weighted by Gasteiger charge is 2.36. The fourth-order valence-corrected chi connectivity index (χ4v) is 3.35. The summed E-state index contributed by atoms with van der Waals surface area (Å²) >= 11 is 0. The van der Waals surface area contributed by atoms with E-state index in [1.54, 1.807) is 0 Å². The lowest BCUT2D eigenvalue weighted by atomic mass is 9.85. The Morgan fingerprint density at radius 3 is 2.62 bits per heavy atom. The van der Waals surface area contributed by atoms with Crippen LogP contribution in [0, 0.1) is 5.41 Å². The summed E-state index contributed by atoms with van der Waals surface area (Å²) in [6.45, 7) is 12.7. The van der Waals surface area contributed by atoms with Gasteiger partial charge in [0.05, 0.1) is 0 Å². The third-order valence-electron chi connectivity index (χ3n) is 4.28. The van der Waals surface area contributed by atoms with E-state index in [0.29, 0.717) is 11.5 Å². The fraction of sp³-hybridized carbons (Fsp3) is 1.00. The maximum absolute atomic E-state index is 5.97. The van der Waals surface area contributed by atoms with Gasteiger partial charge >= 0.3 is 0 Å². The SMILES string of the molecule is CC(C)(C)C(CN)N1CCN2CCCC2C1. The fourth-order valence-electron chi connectivity index (χ4n) is 3.35. The number of nitrogens with zero attached hydrogens (tertiary/aromatic N) is 2. The minimum Gasteiger partial charge on any atom is -0.329 e. The number of fused-ring (bicyclic) bond motifs is 1. The summed E-state index contributed by atoms with van der Waals surface area (Å²) in [5.41, 5.74) is 6.27. The molecule has 2 rings (SSSR count). The molecule has 2 atom stereocenters. The average molecular weight is 225 g/mol. The summed E-state index contributed by atoms with van der Waals surface area (Å²) in [4.78, 5) is 5.29. The summed E-state index contributed by atoms with van der Waals surface area (Å²) < 4.78 is 0. The molecule has 2 N–H and O–H groups in total. The van der Waals surface area contributed by atoms with Crippen LogP contribution >= 0.6 is 0 Å². The van der Waals surface area contributed by atoms with Crippen molar-refractivity contribution >= 4 is 0 Å². The number of hydrogen-bond acceptors (Lipinski definition) is 3. The summed E-state index contributed by atoms with van der Waals surface area (Å²) in [7, 11) is 0. The van der Waals surface area contributed by atoms with E-state index >= 15 is 0 Å². The second-order valence-electron chi connectivity index (χ2n) is 6.44. The lowest BCUT2D eigenvalue weighted by Crippen LogP contribution is -2.58. The normalized spacial score (nSPS) is 30.4. The number of nitrogens with two attached hydrogens (primary N) is 1. The van der Waals surface area contributed by atoms with Crippen molar-refractivity contribution in [2.45, 2.75) is 45.7 Å². The molecule has 0 aromatic rings. The Kier molecular flexibility index (Phi) is 3.57. The summed E-state index contributed by atoms with van der Waals surface area (Å²) in [6.07, 6.45) is 2.78. The first-order valence-electron chi connectivity index (χ1n) is 6.70. The first-order chi connectivity index (χ1) is 7.52. The van der Waals surface area contributed by atoms with Crippen molar-refractivity contribution in [3.05, 3.63) is 0 Å². The molecular weight excluding hydrogens is 198 g/mol. The molecule has 16 heavy (non-hydrogen) atoms. The first kappa shape index (κ1) is 12.3. The molecule has 0 bridgehead atoms. The summed E-state index contributed by atoms with van der Waals surface area (Å²) in [6, 6.07) is 1.35. The molecule has 0 aromatic carbocycles. The number of hydrogen-bond donors (Lipinski definition) is 1. The average Bonchev–Trinajstić information content (AvgIpc) is 2.63. The second-order valence-corrected chi connectivity index (χ2v) is 6.44. The molecule has 0 aromatic heterocycles. The smallest absolute Gasteiger partial charge is 0.0268 e. The third kappa shape index (κ3) is 2.41. The number of rotatable bonds is 2. The number of piperazine rings is 1. The van der Waals surface area contributed by atoms with E-state index in [9.17, 15) is 0 Å². The van der Waals surface area contributed by atoms with Crippen molar-refractivity contribution in [2.75, 3.05) is 32.7 Å². The van der Waals surface area contributed by atoms with Gasteiger partial charge in [0, 0.05) is 38.3 Å². The van der Waals surface area contributed by atoms with Crippen LogP contribution in [0.15, 0.2) is 0 Å². The monoisotopic (exact) mass is 225 g/mol. The topological polar surface area (TPSA) is 32.5 Å². The largest absolute Gasteiger partial charge is 0.329 e. The minimum absolute atomic E-state index is 0.301. The van der Waals surface area contributed by atoms with Gasteiger partial charge in [-0.15, -0.1) is 0 Å². The van der Waals surface area contributed by atoms with E-state index in [1.807, 2.05) is 0 Å². The first-order valence-corrected chi connectivity index (χ1v) is 6.70. The zero-order valence-corrected chi connectivity index (χ0v) is 11.1. The Morgan fingerprint density at radius 1 is 1.25 bits per heavy atom. The van der Waals surface area contributed by atoms with Crippen LogP contribution in [0.3, 0.4) is 0 Å². The Balaban J connectivity index is 1.99. The Morgan fingerprint density at radius 2 is 2.00 bits per heavy atom. The molecule has 3 heteroatoms. The van der Waals surface area contributed by atoms with E-state index in [4.69, 9.17) is 5.73 Å². The molecule has 94 valence electrons. The van der Waals surface area contributed by atoms with Gasteiger partial charge in [-0.3, -0.25) is 9.80 Å². The van der Waals surface area contributed by atoms with Crippen LogP contribution in [0.4, 0.5) is 0 Å². The molecule has 2 fully saturated rings. The molecule has 3 nitrogen and oxygen atoms in total. The van der Waals surface area contributed by atoms with Gasteiger partial charge in [0.1, 0.15) is 0 Å². The van der Waals surface area contributed by atoms with Crippen LogP contribution in [0.5, 0.6) is 0 Å². The molecule has 0 amide bonds. The van der Waals surface area contributed by atoms with E-state index in [2.05, 4.69) is 30.6 Å². The van der Waals surface area contributed by atoms with Gasteiger partial charge in [-0.25, -0.2) is 0 Å². The zero-order valence-electron chi connectivity index (χ0n) is 11.1. The molecule has 2 heterocycles. The molecule has 2 unspecified atom stereocenters. The molecule has 0 spiro atoms. The van der Waals surface area contributed by atoms with Gasteiger partial charge in [0.25, 0.3) is 0 Å². The van der Waals surface area contributed by atoms with Gasteiger partial charge < -0.3 is 5.73 Å². The van der Waals surface area contributed by atoms with Crippen molar-refractivity contribution in [1.82, 2.24) is 9.80 Å². The van der Waals surface area contributed by atoms with Gasteiger partial charge in [0.2, 0.25) is 0 Å². The van der Waals surface area contributed by atoms with Crippen molar-refractivity contribution < 1.29 is 0 Å². The lowest BCUT2D eigenvalue weighted by molar-refractivity contribution is 0.0321. The van der Waals surface area contributed by atoms with Crippen molar-refractivity contribution in [2.24, 2.45) is 11.1 Å². The Bertz CT molecular complexity index is 234. The maximum atomic E-state index is 5.97. The van der Waals surface area contributed by atoms with Crippen LogP contribution in [-0.4, -0.2) is 54.6 Å². The van der Waals surface area contributed by atoms with E-state index in [1.165, 1.54) is 39.0 Å². The Hall–Kier alpha value is -0.120. The lowest BCUT2D eigenvalue weighted by Gasteiger charge is -2.45. The highest BCUT2D eigenvalue weighted by molar-refractivity contribution is 4.92. The van der Waals surface area contributed by atoms with Gasteiger partial charge in [0.15, 0.2) is 0 Å². The second kappa shape index (κ2) is 4.63. The highest BCUT2D eigenvalue weighted by atomic mass is 15.3.